The van der Waals surface area contributed by atoms with Crippen LogP contribution in [0.15, 0.2) is 109 Å². The average molecular weight is 769 g/mol. The number of aliphatic hydroxyl groups excluding tert-OH is 2. The summed E-state index contributed by atoms with van der Waals surface area (Å²) in [6, 6.07) is 24.3. The van der Waals surface area contributed by atoms with Crippen LogP contribution in [0.25, 0.3) is 0 Å². The van der Waals surface area contributed by atoms with Crippen LogP contribution in [0.3, 0.4) is 0 Å². The number of nitrogens with zero attached hydrogens (tertiary/aromatic N) is 2. The van der Waals surface area contributed by atoms with Crippen molar-refractivity contribution in [2.75, 3.05) is 0 Å². The first-order valence-corrected chi connectivity index (χ1v) is 18.6. The van der Waals surface area contributed by atoms with Crippen molar-refractivity contribution in [3.05, 3.63) is 132 Å². The normalized spacial score (nSPS) is 14.4. The number of hydrogen-bond donors (Lipinski definition) is 6. The highest BCUT2D eigenvalue weighted by Crippen LogP contribution is 2.17. The molecule has 2 aromatic carbocycles. The second kappa shape index (κ2) is 21.9. The van der Waals surface area contributed by atoms with Gasteiger partial charge < -0.3 is 41.0 Å². The lowest BCUT2D eigenvalue weighted by Gasteiger charge is -2.35. The molecule has 4 aromatic rings. The molecule has 0 saturated carbocycles. The first-order valence-electron chi connectivity index (χ1n) is 18.6. The van der Waals surface area contributed by atoms with Gasteiger partial charge in [0.25, 0.3) is 0 Å². The van der Waals surface area contributed by atoms with Gasteiger partial charge in [0, 0.05) is 12.4 Å². The molecule has 56 heavy (non-hydrogen) atoms. The van der Waals surface area contributed by atoms with Gasteiger partial charge in [-0.3, -0.25) is 19.6 Å². The predicted molar refractivity (Wildman–Crippen MR) is 209 cm³/mol. The van der Waals surface area contributed by atoms with Crippen molar-refractivity contribution in [2.24, 2.45) is 11.8 Å². The number of pyridine rings is 2. The number of nitrogens with one attached hydrogen (secondary N) is 4. The fourth-order valence-corrected chi connectivity index (χ4v) is 5.92. The first kappa shape index (κ1) is 42.9. The second-order valence-electron chi connectivity index (χ2n) is 14.1. The van der Waals surface area contributed by atoms with Crippen molar-refractivity contribution < 1.29 is 38.9 Å². The number of aliphatic hydroxyl groups is 2. The summed E-state index contributed by atoms with van der Waals surface area (Å²) in [4.78, 5) is 61.6. The highest BCUT2D eigenvalue weighted by atomic mass is 16.6. The van der Waals surface area contributed by atoms with E-state index in [0.717, 1.165) is 11.1 Å². The highest BCUT2D eigenvalue weighted by molar-refractivity contribution is 5.87. The molecular formula is C42H52N6O8. The van der Waals surface area contributed by atoms with Crippen LogP contribution >= 0.6 is 0 Å². The Morgan fingerprint density at radius 3 is 1.21 bits per heavy atom. The maximum absolute atomic E-state index is 13.9. The first-order chi connectivity index (χ1) is 26.9. The second-order valence-corrected chi connectivity index (χ2v) is 14.1. The van der Waals surface area contributed by atoms with Crippen molar-refractivity contribution in [1.82, 2.24) is 31.2 Å². The molecule has 6 atom stereocenters. The van der Waals surface area contributed by atoms with Crippen molar-refractivity contribution in [1.29, 1.82) is 0 Å². The molecular weight excluding hydrogens is 716 g/mol. The Hall–Kier alpha value is -5.86. The lowest BCUT2D eigenvalue weighted by molar-refractivity contribution is -0.129. The van der Waals surface area contributed by atoms with E-state index in [2.05, 4.69) is 31.2 Å². The Labute approximate surface area is 327 Å². The standard InChI is InChI=1S/C42H52N6O8/c1-27(2)35(47-41(53)55-25-31-19-11-13-21-43-31)39(51)45-33(23-29-15-7-5-8-16-29)37(49)38(50)34(24-30-17-9-6-10-18-30)46-40(52)36(28(3)4)48-42(54)56-26-32-20-12-14-22-44-32/h5-22,27-28,33-38,49-50H,23-26H2,1-4H3,(H,45,51)(H,46,52)(H,47,53)(H,48,54)/t33-,34-,35?,36?,37-,38+/m0/s1. The number of hydrogen-bond acceptors (Lipinski definition) is 10. The van der Waals surface area contributed by atoms with Gasteiger partial charge in [0.15, 0.2) is 0 Å². The number of carbonyl (C=O) groups excluding carboxylic acids is 4. The Balaban J connectivity index is 1.53. The van der Waals surface area contributed by atoms with E-state index in [1.807, 2.05) is 60.7 Å². The summed E-state index contributed by atoms with van der Waals surface area (Å²) in [5, 5.41) is 34.7. The Morgan fingerprint density at radius 1 is 0.536 bits per heavy atom. The Kier molecular flexibility index (Phi) is 16.8. The third-order valence-electron chi connectivity index (χ3n) is 9.03. The van der Waals surface area contributed by atoms with Gasteiger partial charge in [0.05, 0.1) is 23.5 Å². The zero-order chi connectivity index (χ0) is 40.5. The van der Waals surface area contributed by atoms with Gasteiger partial charge in [-0.05, 0) is 60.1 Å². The summed E-state index contributed by atoms with van der Waals surface area (Å²) in [6.07, 6.45) is -1.55. The van der Waals surface area contributed by atoms with E-state index in [0.29, 0.717) is 11.4 Å². The van der Waals surface area contributed by atoms with E-state index in [9.17, 15) is 29.4 Å². The van der Waals surface area contributed by atoms with Crippen LogP contribution in [0.1, 0.15) is 50.2 Å². The van der Waals surface area contributed by atoms with Crippen LogP contribution in [0.2, 0.25) is 0 Å². The van der Waals surface area contributed by atoms with Crippen molar-refractivity contribution in [3.63, 3.8) is 0 Å². The molecule has 0 fully saturated rings. The smallest absolute Gasteiger partial charge is 0.408 e. The predicted octanol–water partition coefficient (Wildman–Crippen LogP) is 3.86. The van der Waals surface area contributed by atoms with Gasteiger partial charge in [-0.1, -0.05) is 100 Å². The van der Waals surface area contributed by atoms with Crippen molar-refractivity contribution >= 4 is 24.0 Å². The molecule has 14 nitrogen and oxygen atoms in total. The third kappa shape index (κ3) is 13.8. The number of aromatic nitrogens is 2. The number of benzene rings is 2. The summed E-state index contributed by atoms with van der Waals surface area (Å²) < 4.78 is 10.6. The molecule has 0 aliphatic carbocycles. The fourth-order valence-electron chi connectivity index (χ4n) is 5.92. The number of carbonyl (C=O) groups is 4. The number of amides is 4. The minimum absolute atomic E-state index is 0.101. The van der Waals surface area contributed by atoms with Crippen LogP contribution in [-0.2, 0) is 45.1 Å². The van der Waals surface area contributed by atoms with E-state index >= 15 is 0 Å². The molecule has 0 aliphatic rings. The van der Waals surface area contributed by atoms with Crippen LogP contribution in [0.5, 0.6) is 0 Å². The minimum Gasteiger partial charge on any atom is -0.443 e. The molecule has 0 bridgehead atoms. The maximum atomic E-state index is 13.9. The van der Waals surface area contributed by atoms with E-state index in [1.54, 1.807) is 76.5 Å². The third-order valence-corrected chi connectivity index (χ3v) is 9.03. The molecule has 0 aliphatic heterocycles. The SMILES string of the molecule is CC(C)C(NC(=O)OCc1ccccn1)C(=O)N[C@@H](Cc1ccccc1)[C@H](O)[C@H](O)[C@H](Cc1ccccc1)NC(=O)C(NC(=O)OCc1ccccn1)C(C)C. The fraction of sp³-hybridized carbons (Fsp3) is 0.381. The zero-order valence-electron chi connectivity index (χ0n) is 32.1. The number of alkyl carbamates (subject to hydrolysis) is 2. The van der Waals surface area contributed by atoms with E-state index < -0.39 is 72.2 Å². The van der Waals surface area contributed by atoms with E-state index in [4.69, 9.17) is 9.47 Å². The van der Waals surface area contributed by atoms with Gasteiger partial charge in [0.1, 0.15) is 37.5 Å². The zero-order valence-corrected chi connectivity index (χ0v) is 32.1. The lowest BCUT2D eigenvalue weighted by Crippen LogP contribution is -2.61. The van der Waals surface area contributed by atoms with Gasteiger partial charge >= 0.3 is 12.2 Å². The summed E-state index contributed by atoms with van der Waals surface area (Å²) in [5.74, 6) is -2.01. The molecule has 0 spiro atoms. The molecule has 14 heteroatoms. The molecule has 0 radical (unpaired) electrons. The molecule has 6 N–H and O–H groups in total. The van der Waals surface area contributed by atoms with Crippen molar-refractivity contribution in [3.8, 4) is 0 Å². The summed E-state index contributed by atoms with van der Waals surface area (Å²) in [5.41, 5.74) is 2.57. The topological polar surface area (TPSA) is 201 Å². The maximum Gasteiger partial charge on any atom is 0.408 e. The molecule has 2 heterocycles. The summed E-state index contributed by atoms with van der Waals surface area (Å²) in [6.45, 7) is 6.79. The highest BCUT2D eigenvalue weighted by Gasteiger charge is 2.37. The van der Waals surface area contributed by atoms with Crippen LogP contribution in [0, 0.1) is 11.8 Å². The monoisotopic (exact) mass is 768 g/mol. The molecule has 2 aromatic heterocycles. The van der Waals surface area contributed by atoms with Crippen molar-refractivity contribution in [2.45, 2.75) is 90.1 Å². The van der Waals surface area contributed by atoms with Gasteiger partial charge in [-0.2, -0.15) is 0 Å². The van der Waals surface area contributed by atoms with Gasteiger partial charge in [-0.25, -0.2) is 9.59 Å². The molecule has 4 rings (SSSR count). The molecule has 298 valence electrons. The van der Waals surface area contributed by atoms with Crippen LogP contribution in [0.4, 0.5) is 9.59 Å². The molecule has 4 amide bonds. The molecule has 0 saturated heterocycles. The summed E-state index contributed by atoms with van der Waals surface area (Å²) >= 11 is 0. The Morgan fingerprint density at radius 2 is 0.893 bits per heavy atom. The molecule has 2 unspecified atom stereocenters. The van der Waals surface area contributed by atoms with Crippen LogP contribution in [-0.4, -0.2) is 80.6 Å². The van der Waals surface area contributed by atoms with Crippen LogP contribution < -0.4 is 21.3 Å². The van der Waals surface area contributed by atoms with Gasteiger partial charge in [-0.15, -0.1) is 0 Å². The lowest BCUT2D eigenvalue weighted by atomic mass is 9.90. The largest absolute Gasteiger partial charge is 0.443 e. The summed E-state index contributed by atoms with van der Waals surface area (Å²) in [7, 11) is 0. The van der Waals surface area contributed by atoms with E-state index in [1.165, 1.54) is 0 Å². The number of ether oxygens (including phenoxy) is 2. The minimum atomic E-state index is -1.62. The van der Waals surface area contributed by atoms with Gasteiger partial charge in [0.2, 0.25) is 11.8 Å². The average Bonchev–Trinajstić information content (AvgIpc) is 3.20. The van der Waals surface area contributed by atoms with E-state index in [-0.39, 0.29) is 26.1 Å². The Bertz CT molecular complexity index is 1670. The quantitative estimate of drug-likeness (QED) is 0.0814. The number of rotatable bonds is 19.